The van der Waals surface area contributed by atoms with Crippen molar-refractivity contribution in [3.63, 3.8) is 0 Å². The Balaban J connectivity index is 2.03. The number of primary amides is 1. The molecule has 1 fully saturated rings. The van der Waals surface area contributed by atoms with E-state index in [4.69, 9.17) is 5.73 Å². The summed E-state index contributed by atoms with van der Waals surface area (Å²) in [7, 11) is 0. The molecule has 0 aliphatic carbocycles. The third kappa shape index (κ3) is 4.71. The van der Waals surface area contributed by atoms with Crippen LogP contribution in [0.1, 0.15) is 49.9 Å². The lowest BCUT2D eigenvalue weighted by Gasteiger charge is -2.35. The van der Waals surface area contributed by atoms with Crippen molar-refractivity contribution >= 4 is 33.4 Å². The summed E-state index contributed by atoms with van der Waals surface area (Å²) < 4.78 is 14.6. The highest BCUT2D eigenvalue weighted by atomic mass is 79.9. The van der Waals surface area contributed by atoms with Crippen LogP contribution in [0.3, 0.4) is 0 Å². The summed E-state index contributed by atoms with van der Waals surface area (Å²) in [5.41, 5.74) is 5.58. The Morgan fingerprint density at radius 1 is 1.32 bits per heavy atom. The summed E-state index contributed by atoms with van der Waals surface area (Å²) >= 11 is 3.24. The van der Waals surface area contributed by atoms with E-state index in [0.717, 1.165) is 25.7 Å². The first-order chi connectivity index (χ1) is 11.9. The largest absolute Gasteiger partial charge is 0.381 e. The molecule has 0 spiro atoms. The lowest BCUT2D eigenvalue weighted by atomic mass is 9.98. The summed E-state index contributed by atoms with van der Waals surface area (Å²) in [6, 6.07) is 2.95. The molecule has 0 saturated carbocycles. The van der Waals surface area contributed by atoms with Crippen LogP contribution in [0, 0.1) is 11.7 Å². The van der Waals surface area contributed by atoms with Gasteiger partial charge in [-0.15, -0.1) is 0 Å². The molecule has 1 aromatic rings. The average Bonchev–Trinajstić information content (AvgIpc) is 2.55. The molecule has 0 aromatic heterocycles. The zero-order valence-corrected chi connectivity index (χ0v) is 16.2. The summed E-state index contributed by atoms with van der Waals surface area (Å²) in [4.78, 5) is 25.9. The van der Waals surface area contributed by atoms with Crippen molar-refractivity contribution in [2.75, 3.05) is 18.4 Å². The first-order valence-corrected chi connectivity index (χ1v) is 9.50. The fourth-order valence-electron chi connectivity index (χ4n) is 3.30. The van der Waals surface area contributed by atoms with Gasteiger partial charge in [0, 0.05) is 29.5 Å². The molecule has 0 atom stereocenters. The maximum absolute atomic E-state index is 14.0. The Kier molecular flexibility index (Phi) is 6.81. The van der Waals surface area contributed by atoms with Gasteiger partial charge in [0.15, 0.2) is 0 Å². The van der Waals surface area contributed by atoms with Crippen LogP contribution in [0.15, 0.2) is 16.6 Å². The van der Waals surface area contributed by atoms with Gasteiger partial charge in [-0.2, -0.15) is 0 Å². The van der Waals surface area contributed by atoms with Gasteiger partial charge >= 0.3 is 0 Å². The van der Waals surface area contributed by atoms with Gasteiger partial charge < -0.3 is 16.0 Å². The molecular formula is C18H25BrFN3O2. The smallest absolute Gasteiger partial charge is 0.253 e. The normalized spacial score (nSPS) is 15.5. The maximum atomic E-state index is 14.0. The van der Waals surface area contributed by atoms with Gasteiger partial charge in [0.05, 0.1) is 11.3 Å². The van der Waals surface area contributed by atoms with Crippen molar-refractivity contribution in [1.82, 2.24) is 4.90 Å². The minimum absolute atomic E-state index is 0.0672. The number of nitrogens with one attached hydrogen (secondary N) is 1. The molecule has 2 rings (SSSR count). The standard InChI is InChI=1S/C18H25BrFN3O2/c1-3-11(4-2)18(25)23-7-5-13(6-8-23)22-15-10-12(19)9-14(20)16(15)17(21)24/h9-11,13,22H,3-8H2,1-2H3,(H2,21,24). The van der Waals surface area contributed by atoms with E-state index in [2.05, 4.69) is 21.2 Å². The Bertz CT molecular complexity index is 641. The third-order valence-corrected chi connectivity index (χ3v) is 5.26. The summed E-state index contributed by atoms with van der Waals surface area (Å²) in [6.45, 7) is 5.39. The molecule has 1 aliphatic heterocycles. The zero-order chi connectivity index (χ0) is 18.6. The van der Waals surface area contributed by atoms with Crippen LogP contribution in [0.5, 0.6) is 0 Å². The molecule has 0 bridgehead atoms. The van der Waals surface area contributed by atoms with E-state index in [1.165, 1.54) is 6.07 Å². The van der Waals surface area contributed by atoms with Crippen LogP contribution < -0.4 is 11.1 Å². The fourth-order valence-corrected chi connectivity index (χ4v) is 3.73. The third-order valence-electron chi connectivity index (χ3n) is 4.80. The second-order valence-corrected chi connectivity index (χ2v) is 7.35. The lowest BCUT2D eigenvalue weighted by Crippen LogP contribution is -2.44. The van der Waals surface area contributed by atoms with Crippen LogP contribution in [-0.4, -0.2) is 35.8 Å². The summed E-state index contributed by atoms with van der Waals surface area (Å²) in [5, 5.41) is 3.22. The minimum atomic E-state index is -0.797. The van der Waals surface area contributed by atoms with Crippen LogP contribution in [0.4, 0.5) is 10.1 Å². The van der Waals surface area contributed by atoms with E-state index in [9.17, 15) is 14.0 Å². The summed E-state index contributed by atoms with van der Waals surface area (Å²) in [5.74, 6) is -1.14. The van der Waals surface area contributed by atoms with Crippen molar-refractivity contribution in [3.05, 3.63) is 28.0 Å². The number of benzene rings is 1. The molecule has 0 radical (unpaired) electrons. The lowest BCUT2D eigenvalue weighted by molar-refractivity contribution is -0.136. The van der Waals surface area contributed by atoms with Crippen LogP contribution in [0.25, 0.3) is 0 Å². The topological polar surface area (TPSA) is 75.4 Å². The predicted molar refractivity (Wildman–Crippen MR) is 99.9 cm³/mol. The second kappa shape index (κ2) is 8.65. The van der Waals surface area contributed by atoms with Gasteiger partial charge in [0.25, 0.3) is 5.91 Å². The Hall–Kier alpha value is -1.63. The summed E-state index contributed by atoms with van der Waals surface area (Å²) in [6.07, 6.45) is 3.20. The SMILES string of the molecule is CCC(CC)C(=O)N1CCC(Nc2cc(Br)cc(F)c2C(N)=O)CC1. The number of amides is 2. The molecule has 25 heavy (non-hydrogen) atoms. The quantitative estimate of drug-likeness (QED) is 0.748. The van der Waals surface area contributed by atoms with Crippen LogP contribution >= 0.6 is 15.9 Å². The minimum Gasteiger partial charge on any atom is -0.381 e. The van der Waals surface area contributed by atoms with Crippen molar-refractivity contribution in [3.8, 4) is 0 Å². The zero-order valence-electron chi connectivity index (χ0n) is 14.6. The number of likely N-dealkylation sites (tertiary alicyclic amines) is 1. The van der Waals surface area contributed by atoms with E-state index in [0.29, 0.717) is 23.2 Å². The first-order valence-electron chi connectivity index (χ1n) is 8.71. The second-order valence-electron chi connectivity index (χ2n) is 6.43. The number of rotatable bonds is 6. The van der Waals surface area contributed by atoms with E-state index in [1.54, 1.807) is 6.07 Å². The molecule has 1 aromatic carbocycles. The highest BCUT2D eigenvalue weighted by molar-refractivity contribution is 9.10. The Labute approximate surface area is 156 Å². The number of halogens is 2. The molecule has 5 nitrogen and oxygen atoms in total. The van der Waals surface area contributed by atoms with Gasteiger partial charge in [0.2, 0.25) is 5.91 Å². The van der Waals surface area contributed by atoms with Gasteiger partial charge in [-0.05, 0) is 37.8 Å². The van der Waals surface area contributed by atoms with Gasteiger partial charge in [-0.25, -0.2) is 4.39 Å². The van der Waals surface area contributed by atoms with Gasteiger partial charge in [0.1, 0.15) is 5.82 Å². The number of nitrogens with two attached hydrogens (primary N) is 1. The Morgan fingerprint density at radius 3 is 2.44 bits per heavy atom. The van der Waals surface area contributed by atoms with E-state index in [1.807, 2.05) is 18.7 Å². The number of hydrogen-bond acceptors (Lipinski definition) is 3. The highest BCUT2D eigenvalue weighted by Crippen LogP contribution is 2.27. The highest BCUT2D eigenvalue weighted by Gasteiger charge is 2.27. The van der Waals surface area contributed by atoms with Crippen molar-refractivity contribution in [1.29, 1.82) is 0 Å². The predicted octanol–water partition coefficient (Wildman–Crippen LogP) is 3.53. The van der Waals surface area contributed by atoms with Crippen molar-refractivity contribution in [2.24, 2.45) is 11.7 Å². The Morgan fingerprint density at radius 2 is 1.92 bits per heavy atom. The number of anilines is 1. The molecular weight excluding hydrogens is 389 g/mol. The number of piperidine rings is 1. The number of nitrogens with zero attached hydrogens (tertiary/aromatic N) is 1. The molecule has 0 unspecified atom stereocenters. The van der Waals surface area contributed by atoms with Gasteiger partial charge in [-0.1, -0.05) is 29.8 Å². The number of carbonyl (C=O) groups excluding carboxylic acids is 2. The van der Waals surface area contributed by atoms with E-state index < -0.39 is 11.7 Å². The molecule has 7 heteroatoms. The first kappa shape index (κ1) is 19.7. The molecule has 138 valence electrons. The molecule has 1 aliphatic rings. The molecule has 3 N–H and O–H groups in total. The fraction of sp³-hybridized carbons (Fsp3) is 0.556. The number of carbonyl (C=O) groups is 2. The van der Waals surface area contributed by atoms with Gasteiger partial charge in [-0.3, -0.25) is 9.59 Å². The monoisotopic (exact) mass is 413 g/mol. The number of hydrogen-bond donors (Lipinski definition) is 2. The van der Waals surface area contributed by atoms with Crippen LogP contribution in [-0.2, 0) is 4.79 Å². The average molecular weight is 414 g/mol. The van der Waals surface area contributed by atoms with Crippen LogP contribution in [0.2, 0.25) is 0 Å². The van der Waals surface area contributed by atoms with Crippen molar-refractivity contribution in [2.45, 2.75) is 45.6 Å². The molecule has 2 amide bonds. The van der Waals surface area contributed by atoms with Crippen molar-refractivity contribution < 1.29 is 14.0 Å². The van der Waals surface area contributed by atoms with E-state index >= 15 is 0 Å². The van der Waals surface area contributed by atoms with E-state index in [-0.39, 0.29) is 23.4 Å². The maximum Gasteiger partial charge on any atom is 0.253 e. The molecule has 1 heterocycles. The molecule has 1 saturated heterocycles.